The molecule has 0 saturated carbocycles. The van der Waals surface area contributed by atoms with Gasteiger partial charge in [0.05, 0.1) is 17.1 Å². The summed E-state index contributed by atoms with van der Waals surface area (Å²) in [6.07, 6.45) is 0. The van der Waals surface area contributed by atoms with Crippen LogP contribution in [0.4, 0.5) is 34.1 Å². The lowest BCUT2D eigenvalue weighted by Gasteiger charge is -2.43. The van der Waals surface area contributed by atoms with Crippen molar-refractivity contribution in [1.82, 2.24) is 0 Å². The van der Waals surface area contributed by atoms with Gasteiger partial charge in [-0.3, -0.25) is 0 Å². The molecular weight excluding hydrogens is 575 g/mol. The minimum atomic E-state index is -0.0120. The molecule has 0 aromatic heterocycles. The molecule has 0 fully saturated rings. The highest BCUT2D eigenvalue weighted by Crippen LogP contribution is 2.57. The predicted octanol–water partition coefficient (Wildman–Crippen LogP) is 9.33. The van der Waals surface area contributed by atoms with Crippen LogP contribution in [0.15, 0.2) is 164 Å². The summed E-state index contributed by atoms with van der Waals surface area (Å²) >= 11 is 0. The van der Waals surface area contributed by atoms with E-state index in [0.29, 0.717) is 0 Å². The highest BCUT2D eigenvalue weighted by Gasteiger charge is 2.45. The van der Waals surface area contributed by atoms with Crippen LogP contribution >= 0.6 is 0 Å². The van der Waals surface area contributed by atoms with Crippen molar-refractivity contribution in [1.29, 1.82) is 0 Å². The Morgan fingerprint density at radius 1 is 0.404 bits per heavy atom. The molecule has 47 heavy (non-hydrogen) atoms. The van der Waals surface area contributed by atoms with Gasteiger partial charge in [0.15, 0.2) is 11.5 Å². The van der Waals surface area contributed by atoms with Crippen LogP contribution in [-0.2, 0) is 0 Å². The number of para-hydroxylation sites is 5. The third-order valence-corrected chi connectivity index (χ3v) is 9.47. The van der Waals surface area contributed by atoms with Gasteiger partial charge in [0, 0.05) is 28.6 Å². The van der Waals surface area contributed by atoms with E-state index in [0.717, 1.165) is 73.6 Å². The lowest BCUT2D eigenvalue weighted by molar-refractivity contribution is 0.469. The van der Waals surface area contributed by atoms with E-state index in [9.17, 15) is 0 Å². The number of ether oxygens (including phenoxy) is 2. The number of benzene rings is 7. The summed E-state index contributed by atoms with van der Waals surface area (Å²) in [6.45, 7) is -0.0120. The molecule has 220 valence electrons. The summed E-state index contributed by atoms with van der Waals surface area (Å²) < 4.78 is 13.9. The molecule has 7 aromatic carbocycles. The van der Waals surface area contributed by atoms with Crippen LogP contribution in [0, 0.1) is 0 Å². The van der Waals surface area contributed by atoms with Gasteiger partial charge < -0.3 is 19.3 Å². The zero-order chi connectivity index (χ0) is 30.9. The molecule has 3 heterocycles. The molecule has 0 spiro atoms. The Balaban J connectivity index is 1.29. The molecule has 3 aliphatic heterocycles. The van der Waals surface area contributed by atoms with Gasteiger partial charge in [-0.2, -0.15) is 0 Å². The molecule has 4 nitrogen and oxygen atoms in total. The number of nitrogens with zero attached hydrogens (tertiary/aromatic N) is 2. The van der Waals surface area contributed by atoms with E-state index in [4.69, 9.17) is 9.47 Å². The van der Waals surface area contributed by atoms with Crippen LogP contribution in [0.25, 0.3) is 11.1 Å². The molecule has 0 amide bonds. The zero-order valence-electron chi connectivity index (χ0n) is 25.4. The fourth-order valence-electron chi connectivity index (χ4n) is 7.49. The Labute approximate surface area is 273 Å². The van der Waals surface area contributed by atoms with Crippen LogP contribution in [0.2, 0.25) is 0 Å². The fraction of sp³-hybridized carbons (Fsp3) is 0. The minimum Gasteiger partial charge on any atom is -0.458 e. The van der Waals surface area contributed by atoms with Crippen LogP contribution in [0.1, 0.15) is 0 Å². The van der Waals surface area contributed by atoms with Gasteiger partial charge in [-0.15, -0.1) is 0 Å². The van der Waals surface area contributed by atoms with Gasteiger partial charge >= 0.3 is 0 Å². The van der Waals surface area contributed by atoms with Crippen LogP contribution < -0.4 is 35.7 Å². The van der Waals surface area contributed by atoms with E-state index >= 15 is 0 Å². The molecule has 0 aliphatic carbocycles. The first-order valence-corrected chi connectivity index (χ1v) is 16.0. The highest BCUT2D eigenvalue weighted by atomic mass is 16.5. The molecule has 10 rings (SSSR count). The normalized spacial score (nSPS) is 13.3. The maximum atomic E-state index is 7.03. The van der Waals surface area contributed by atoms with E-state index in [2.05, 4.69) is 168 Å². The maximum absolute atomic E-state index is 7.03. The first-order chi connectivity index (χ1) is 23.3. The van der Waals surface area contributed by atoms with Crippen molar-refractivity contribution in [3.63, 3.8) is 0 Å². The Kier molecular flexibility index (Phi) is 5.63. The van der Waals surface area contributed by atoms with Gasteiger partial charge in [0.2, 0.25) is 0 Å². The molecule has 5 heteroatoms. The van der Waals surface area contributed by atoms with Crippen molar-refractivity contribution < 1.29 is 9.47 Å². The average molecular weight is 603 g/mol. The largest absolute Gasteiger partial charge is 0.458 e. The second-order valence-electron chi connectivity index (χ2n) is 12.1. The summed E-state index contributed by atoms with van der Waals surface area (Å²) in [6, 6.07) is 57.5. The standard InChI is InChI=1S/C42H27BN2O2/c1-3-14-28(15-4-1)29-16-13-19-31(26-29)44-35-23-10-12-25-38(35)47-42-36(44)27-39-40-41(42)45(30-17-5-2-6-18-30)34-22-9-7-20-32(34)43(40)33-21-8-11-24-37(33)46-39/h1-27H. The van der Waals surface area contributed by atoms with Crippen molar-refractivity contribution in [3.05, 3.63) is 164 Å². The van der Waals surface area contributed by atoms with E-state index in [1.165, 1.54) is 11.0 Å². The van der Waals surface area contributed by atoms with E-state index < -0.39 is 0 Å². The molecule has 0 saturated heterocycles. The number of anilines is 6. The van der Waals surface area contributed by atoms with Crippen molar-refractivity contribution in [2.45, 2.75) is 0 Å². The molecule has 0 unspecified atom stereocenters. The summed E-state index contributed by atoms with van der Waals surface area (Å²) in [5, 5.41) is 0. The lowest BCUT2D eigenvalue weighted by atomic mass is 9.34. The molecule has 0 bridgehead atoms. The van der Waals surface area contributed by atoms with Crippen LogP contribution in [0.5, 0.6) is 23.0 Å². The topological polar surface area (TPSA) is 24.9 Å². The van der Waals surface area contributed by atoms with Gasteiger partial charge in [0.1, 0.15) is 11.5 Å². The Morgan fingerprint density at radius 3 is 1.87 bits per heavy atom. The van der Waals surface area contributed by atoms with E-state index in [-0.39, 0.29) is 6.71 Å². The quantitative estimate of drug-likeness (QED) is 0.188. The summed E-state index contributed by atoms with van der Waals surface area (Å²) in [5.74, 6) is 3.33. The zero-order valence-corrected chi connectivity index (χ0v) is 25.4. The number of fused-ring (bicyclic) bond motifs is 7. The smallest absolute Gasteiger partial charge is 0.256 e. The molecule has 7 aromatic rings. The fourth-order valence-corrected chi connectivity index (χ4v) is 7.49. The Hall–Kier alpha value is -6.20. The van der Waals surface area contributed by atoms with Crippen molar-refractivity contribution in [3.8, 4) is 34.1 Å². The number of hydrogen-bond donors (Lipinski definition) is 0. The molecular formula is C42H27BN2O2. The highest BCUT2D eigenvalue weighted by molar-refractivity contribution is 6.99. The third kappa shape index (κ3) is 3.90. The Morgan fingerprint density at radius 2 is 1.04 bits per heavy atom. The SMILES string of the molecule is c1ccc(-c2cccc(N3c4ccccc4Oc4c3cc3c5c4N(c4ccccc4)c4ccccc4B5c4ccccc4O3)c2)cc1. The first-order valence-electron chi connectivity index (χ1n) is 16.0. The second-order valence-corrected chi connectivity index (χ2v) is 12.1. The summed E-state index contributed by atoms with van der Waals surface area (Å²) in [7, 11) is 0. The summed E-state index contributed by atoms with van der Waals surface area (Å²) in [4.78, 5) is 4.67. The van der Waals surface area contributed by atoms with Gasteiger partial charge in [-0.1, -0.05) is 109 Å². The monoisotopic (exact) mass is 602 g/mol. The first kappa shape index (κ1) is 26.1. The Bertz CT molecular complexity index is 2340. The van der Waals surface area contributed by atoms with Gasteiger partial charge in [-0.05, 0) is 70.6 Å². The number of hydrogen-bond acceptors (Lipinski definition) is 4. The maximum Gasteiger partial charge on any atom is 0.256 e. The van der Waals surface area contributed by atoms with Crippen LogP contribution in [-0.4, -0.2) is 6.71 Å². The third-order valence-electron chi connectivity index (χ3n) is 9.47. The minimum absolute atomic E-state index is 0.0120. The van der Waals surface area contributed by atoms with Crippen molar-refractivity contribution in [2.24, 2.45) is 0 Å². The van der Waals surface area contributed by atoms with E-state index in [1.54, 1.807) is 0 Å². The molecule has 0 radical (unpaired) electrons. The van der Waals surface area contributed by atoms with Crippen molar-refractivity contribution in [2.75, 3.05) is 9.80 Å². The van der Waals surface area contributed by atoms with Crippen molar-refractivity contribution >= 4 is 57.2 Å². The second kappa shape index (κ2) is 10.2. The van der Waals surface area contributed by atoms with Gasteiger partial charge in [-0.25, -0.2) is 0 Å². The van der Waals surface area contributed by atoms with E-state index in [1.807, 2.05) is 6.07 Å². The predicted molar refractivity (Wildman–Crippen MR) is 192 cm³/mol. The molecule has 3 aliphatic rings. The summed E-state index contributed by atoms with van der Waals surface area (Å²) in [5.41, 5.74) is 12.0. The molecule has 0 N–H and O–H groups in total. The number of rotatable bonds is 3. The average Bonchev–Trinajstić information content (AvgIpc) is 3.14. The van der Waals surface area contributed by atoms with Gasteiger partial charge in [0.25, 0.3) is 6.71 Å². The van der Waals surface area contributed by atoms with Crippen LogP contribution in [0.3, 0.4) is 0 Å². The molecule has 0 atom stereocenters. The lowest BCUT2D eigenvalue weighted by Crippen LogP contribution is -2.59.